The van der Waals surface area contributed by atoms with Crippen LogP contribution in [0.4, 0.5) is 0 Å². The van der Waals surface area contributed by atoms with Gasteiger partial charge in [0, 0.05) is 6.20 Å². The monoisotopic (exact) mass is 378 g/mol. The average molecular weight is 379 g/mol. The number of ether oxygens (including phenoxy) is 2. The third-order valence-corrected chi connectivity index (χ3v) is 3.67. The highest BCUT2D eigenvalue weighted by Gasteiger charge is 2.36. The topological polar surface area (TPSA) is 87.5 Å². The van der Waals surface area contributed by atoms with Gasteiger partial charge in [-0.05, 0) is 19.4 Å². The van der Waals surface area contributed by atoms with E-state index in [-0.39, 0.29) is 30.6 Å². The Bertz CT molecular complexity index is 817. The van der Waals surface area contributed by atoms with Crippen LogP contribution in [0, 0.1) is 0 Å². The van der Waals surface area contributed by atoms with Gasteiger partial charge >= 0.3 is 11.9 Å². The molecule has 0 unspecified atom stereocenters. The number of esters is 2. The van der Waals surface area contributed by atoms with E-state index in [1.54, 1.807) is 13.8 Å². The van der Waals surface area contributed by atoms with Gasteiger partial charge in [0.25, 0.3) is 5.56 Å². The minimum atomic E-state index is -1.58. The highest BCUT2D eigenvalue weighted by molar-refractivity contribution is 6.29. The summed E-state index contributed by atoms with van der Waals surface area (Å²) in [7, 11) is 0. The Labute approximate surface area is 155 Å². The molecule has 1 aromatic heterocycles. The summed E-state index contributed by atoms with van der Waals surface area (Å²) < 4.78 is 11.1. The summed E-state index contributed by atoms with van der Waals surface area (Å²) in [6.07, 6.45) is 1.35. The normalized spacial score (nSPS) is 10.6. The van der Waals surface area contributed by atoms with Crippen LogP contribution < -0.4 is 5.56 Å². The standard InChI is InChI=1S/C18H19ClN2O5/c1-3-25-17(23)14(18(24)26-4-2)15-16(22)21(11-13(19)20-15)10-12-8-6-5-7-9-12/h5-9,11,14H,3-4,10H2,1-2H3. The fraction of sp³-hybridized carbons (Fsp3) is 0.333. The molecule has 8 heteroatoms. The molecular weight excluding hydrogens is 360 g/mol. The third kappa shape index (κ3) is 4.70. The Morgan fingerprint density at radius 1 is 1.12 bits per heavy atom. The molecule has 0 N–H and O–H groups in total. The fourth-order valence-electron chi connectivity index (χ4n) is 2.38. The van der Waals surface area contributed by atoms with Crippen LogP contribution in [-0.4, -0.2) is 34.7 Å². The number of nitrogens with zero attached hydrogens (tertiary/aromatic N) is 2. The Morgan fingerprint density at radius 2 is 1.69 bits per heavy atom. The number of benzene rings is 1. The van der Waals surface area contributed by atoms with Crippen molar-refractivity contribution >= 4 is 23.5 Å². The van der Waals surface area contributed by atoms with Crippen LogP contribution in [0.2, 0.25) is 5.15 Å². The van der Waals surface area contributed by atoms with Crippen molar-refractivity contribution in [1.82, 2.24) is 9.55 Å². The molecule has 0 bridgehead atoms. The quantitative estimate of drug-likeness (QED) is 0.542. The Balaban J connectivity index is 2.49. The zero-order valence-electron chi connectivity index (χ0n) is 14.5. The maximum atomic E-state index is 12.8. The first-order valence-electron chi connectivity index (χ1n) is 8.12. The summed E-state index contributed by atoms with van der Waals surface area (Å²) in [6.45, 7) is 3.51. The lowest BCUT2D eigenvalue weighted by Gasteiger charge is -2.15. The second-order valence-corrected chi connectivity index (χ2v) is 5.69. The maximum Gasteiger partial charge on any atom is 0.326 e. The predicted molar refractivity (Wildman–Crippen MR) is 95.1 cm³/mol. The van der Waals surface area contributed by atoms with Crippen LogP contribution in [0.3, 0.4) is 0 Å². The summed E-state index contributed by atoms with van der Waals surface area (Å²) >= 11 is 6.02. The molecule has 2 aromatic rings. The minimum absolute atomic E-state index is 0.0193. The molecule has 1 aromatic carbocycles. The summed E-state index contributed by atoms with van der Waals surface area (Å²) in [6, 6.07) is 9.21. The van der Waals surface area contributed by atoms with E-state index in [0.29, 0.717) is 0 Å². The molecule has 138 valence electrons. The molecule has 0 saturated carbocycles. The number of hydrogen-bond donors (Lipinski definition) is 0. The van der Waals surface area contributed by atoms with Gasteiger partial charge in [-0.1, -0.05) is 41.9 Å². The second-order valence-electron chi connectivity index (χ2n) is 5.30. The van der Waals surface area contributed by atoms with Crippen molar-refractivity contribution in [1.29, 1.82) is 0 Å². The summed E-state index contributed by atoms with van der Waals surface area (Å²) in [5.74, 6) is -3.38. The lowest BCUT2D eigenvalue weighted by molar-refractivity contribution is -0.157. The number of carbonyl (C=O) groups excluding carboxylic acids is 2. The minimum Gasteiger partial charge on any atom is -0.465 e. The Hall–Kier alpha value is -2.67. The summed E-state index contributed by atoms with van der Waals surface area (Å²) in [5, 5.41) is -0.0193. The van der Waals surface area contributed by atoms with Gasteiger partial charge in [-0.2, -0.15) is 0 Å². The number of halogens is 1. The van der Waals surface area contributed by atoms with Crippen LogP contribution in [-0.2, 0) is 25.6 Å². The first-order valence-corrected chi connectivity index (χ1v) is 8.49. The van der Waals surface area contributed by atoms with Crippen LogP contribution in [0.1, 0.15) is 31.0 Å². The molecule has 0 aliphatic carbocycles. The molecule has 0 aliphatic rings. The molecule has 7 nitrogen and oxygen atoms in total. The van der Waals surface area contributed by atoms with E-state index >= 15 is 0 Å². The van der Waals surface area contributed by atoms with Crippen LogP contribution in [0.15, 0.2) is 41.3 Å². The molecule has 0 saturated heterocycles. The van der Waals surface area contributed by atoms with Gasteiger partial charge in [0.2, 0.25) is 5.92 Å². The SMILES string of the molecule is CCOC(=O)C(C(=O)OCC)c1nc(Cl)cn(Cc2ccccc2)c1=O. The van der Waals surface area contributed by atoms with Gasteiger partial charge in [-0.15, -0.1) is 0 Å². The molecular formula is C18H19ClN2O5. The van der Waals surface area contributed by atoms with E-state index in [1.807, 2.05) is 30.3 Å². The van der Waals surface area contributed by atoms with E-state index in [1.165, 1.54) is 10.8 Å². The molecule has 0 atom stereocenters. The van der Waals surface area contributed by atoms with Gasteiger partial charge in [0.15, 0.2) is 0 Å². The second kappa shape index (κ2) is 9.15. The van der Waals surface area contributed by atoms with Crippen LogP contribution >= 0.6 is 11.6 Å². The average Bonchev–Trinajstić information content (AvgIpc) is 2.60. The van der Waals surface area contributed by atoms with E-state index in [9.17, 15) is 14.4 Å². The lowest BCUT2D eigenvalue weighted by Crippen LogP contribution is -2.35. The number of hydrogen-bond acceptors (Lipinski definition) is 6. The van der Waals surface area contributed by atoms with E-state index < -0.39 is 23.4 Å². The largest absolute Gasteiger partial charge is 0.465 e. The number of aromatic nitrogens is 2. The highest BCUT2D eigenvalue weighted by atomic mass is 35.5. The predicted octanol–water partition coefficient (Wildman–Crippen LogP) is 2.15. The molecule has 2 rings (SSSR count). The zero-order valence-corrected chi connectivity index (χ0v) is 15.2. The van der Waals surface area contributed by atoms with Crippen molar-refractivity contribution in [3.63, 3.8) is 0 Å². The first kappa shape index (κ1) is 19.7. The Kier molecular flexibility index (Phi) is 6.91. The smallest absolute Gasteiger partial charge is 0.326 e. The molecule has 0 fully saturated rings. The first-order chi connectivity index (χ1) is 12.5. The molecule has 0 radical (unpaired) electrons. The molecule has 0 aliphatic heterocycles. The van der Waals surface area contributed by atoms with Crippen molar-refractivity contribution in [3.05, 3.63) is 63.3 Å². The van der Waals surface area contributed by atoms with Crippen molar-refractivity contribution < 1.29 is 19.1 Å². The Morgan fingerprint density at radius 3 is 2.23 bits per heavy atom. The van der Waals surface area contributed by atoms with E-state index in [2.05, 4.69) is 4.98 Å². The van der Waals surface area contributed by atoms with Crippen LogP contribution in [0.25, 0.3) is 0 Å². The third-order valence-electron chi connectivity index (χ3n) is 3.48. The molecule has 1 heterocycles. The van der Waals surface area contributed by atoms with Crippen molar-refractivity contribution in [2.45, 2.75) is 26.3 Å². The van der Waals surface area contributed by atoms with Crippen LogP contribution in [0.5, 0.6) is 0 Å². The van der Waals surface area contributed by atoms with E-state index in [0.717, 1.165) is 5.56 Å². The molecule has 0 spiro atoms. The van der Waals surface area contributed by atoms with Crippen molar-refractivity contribution in [3.8, 4) is 0 Å². The molecule has 0 amide bonds. The highest BCUT2D eigenvalue weighted by Crippen LogP contribution is 2.17. The number of carbonyl (C=O) groups is 2. The zero-order chi connectivity index (χ0) is 19.1. The van der Waals surface area contributed by atoms with Gasteiger partial charge in [-0.3, -0.25) is 14.4 Å². The van der Waals surface area contributed by atoms with Gasteiger partial charge in [0.1, 0.15) is 10.8 Å². The fourth-order valence-corrected chi connectivity index (χ4v) is 2.59. The number of rotatable bonds is 7. The van der Waals surface area contributed by atoms with Gasteiger partial charge < -0.3 is 14.0 Å². The molecule has 26 heavy (non-hydrogen) atoms. The van der Waals surface area contributed by atoms with E-state index in [4.69, 9.17) is 21.1 Å². The van der Waals surface area contributed by atoms with Gasteiger partial charge in [-0.25, -0.2) is 4.98 Å². The summed E-state index contributed by atoms with van der Waals surface area (Å²) in [4.78, 5) is 41.2. The maximum absolute atomic E-state index is 12.8. The van der Waals surface area contributed by atoms with Gasteiger partial charge in [0.05, 0.1) is 19.8 Å². The summed E-state index contributed by atoms with van der Waals surface area (Å²) in [5.41, 5.74) is -0.0682. The lowest BCUT2D eigenvalue weighted by atomic mass is 10.1. The van der Waals surface area contributed by atoms with Crippen molar-refractivity contribution in [2.24, 2.45) is 0 Å². The van der Waals surface area contributed by atoms with Crippen molar-refractivity contribution in [2.75, 3.05) is 13.2 Å².